The molecule has 0 radical (unpaired) electrons. The van der Waals surface area contributed by atoms with Gasteiger partial charge in [0.05, 0.1) is 16.7 Å². The Morgan fingerprint density at radius 3 is 2.75 bits per heavy atom. The third kappa shape index (κ3) is 3.14. The maximum atomic E-state index is 13.2. The number of aryl methyl sites for hydroxylation is 1. The van der Waals surface area contributed by atoms with Crippen molar-refractivity contribution in [2.75, 3.05) is 4.72 Å². The van der Waals surface area contributed by atoms with Crippen molar-refractivity contribution >= 4 is 26.5 Å². The molecule has 0 aliphatic carbocycles. The zero-order valence-corrected chi connectivity index (χ0v) is 12.4. The normalized spacial score (nSPS) is 13.2. The molecule has 1 atom stereocenters. The van der Waals surface area contributed by atoms with Gasteiger partial charge in [0.25, 0.3) is 10.0 Å². The largest absolute Gasteiger partial charge is 0.387 e. The molecule has 108 valence electrons. The first kappa shape index (κ1) is 14.9. The summed E-state index contributed by atoms with van der Waals surface area (Å²) in [6.07, 6.45) is -0.777. The number of anilines is 1. The first-order valence-corrected chi connectivity index (χ1v) is 8.08. The third-order valence-corrected chi connectivity index (χ3v) is 5.00. The number of hydrogen-bond donors (Lipinski definition) is 2. The Hall–Kier alpha value is -1.51. The minimum atomic E-state index is -3.90. The summed E-state index contributed by atoms with van der Waals surface area (Å²) in [4.78, 5) is 3.82. The summed E-state index contributed by atoms with van der Waals surface area (Å²) in [5.74, 6) is -0.625. The summed E-state index contributed by atoms with van der Waals surface area (Å²) >= 11 is 1.05. The van der Waals surface area contributed by atoms with Crippen LogP contribution in [0.2, 0.25) is 0 Å². The lowest BCUT2D eigenvalue weighted by Crippen LogP contribution is -2.14. The van der Waals surface area contributed by atoms with Gasteiger partial charge in [-0.05, 0) is 31.5 Å². The molecule has 8 heteroatoms. The molecule has 1 heterocycles. The molecule has 20 heavy (non-hydrogen) atoms. The van der Waals surface area contributed by atoms with Gasteiger partial charge in [-0.3, -0.25) is 4.72 Å². The summed E-state index contributed by atoms with van der Waals surface area (Å²) in [6, 6.07) is 3.55. The average molecular weight is 316 g/mol. The Morgan fingerprint density at radius 1 is 1.45 bits per heavy atom. The molecule has 1 aromatic carbocycles. The molecule has 0 aliphatic heterocycles. The maximum absolute atomic E-state index is 13.2. The van der Waals surface area contributed by atoms with E-state index in [4.69, 9.17) is 0 Å². The summed E-state index contributed by atoms with van der Waals surface area (Å²) in [5, 5.41) is 11.0. The number of aromatic nitrogens is 1. The quantitative estimate of drug-likeness (QED) is 0.908. The molecule has 2 N–H and O–H groups in total. The molecule has 0 fully saturated rings. The molecular weight excluding hydrogens is 303 g/mol. The first-order chi connectivity index (χ1) is 9.29. The highest BCUT2D eigenvalue weighted by atomic mass is 32.2. The molecule has 2 rings (SSSR count). The second-order valence-electron chi connectivity index (χ2n) is 4.27. The first-order valence-electron chi connectivity index (χ1n) is 5.72. The summed E-state index contributed by atoms with van der Waals surface area (Å²) in [5.41, 5.74) is 0.815. The van der Waals surface area contributed by atoms with Gasteiger partial charge in [0.15, 0.2) is 5.13 Å². The second-order valence-corrected chi connectivity index (χ2v) is 6.78. The Kier molecular flexibility index (Phi) is 4.07. The van der Waals surface area contributed by atoms with Crippen LogP contribution < -0.4 is 4.72 Å². The van der Waals surface area contributed by atoms with Crippen molar-refractivity contribution < 1.29 is 17.9 Å². The fraction of sp³-hybridized carbons (Fsp3) is 0.250. The zero-order chi connectivity index (χ0) is 14.9. The molecule has 0 bridgehead atoms. The number of halogens is 1. The van der Waals surface area contributed by atoms with E-state index < -0.39 is 21.9 Å². The van der Waals surface area contributed by atoms with Crippen LogP contribution in [0.1, 0.15) is 24.3 Å². The van der Waals surface area contributed by atoms with Gasteiger partial charge in [-0.1, -0.05) is 6.07 Å². The molecule has 0 amide bonds. The van der Waals surface area contributed by atoms with E-state index in [2.05, 4.69) is 9.71 Å². The van der Waals surface area contributed by atoms with Crippen LogP contribution >= 0.6 is 11.3 Å². The molecule has 5 nitrogen and oxygen atoms in total. The predicted molar refractivity (Wildman–Crippen MR) is 74.7 cm³/mol. The van der Waals surface area contributed by atoms with Gasteiger partial charge in [0.2, 0.25) is 0 Å². The highest BCUT2D eigenvalue weighted by Crippen LogP contribution is 2.24. The highest BCUT2D eigenvalue weighted by molar-refractivity contribution is 7.93. The van der Waals surface area contributed by atoms with Crippen LogP contribution in [0.25, 0.3) is 0 Å². The van der Waals surface area contributed by atoms with E-state index in [-0.39, 0.29) is 10.0 Å². The van der Waals surface area contributed by atoms with Gasteiger partial charge in [0.1, 0.15) is 5.82 Å². The summed E-state index contributed by atoms with van der Waals surface area (Å²) in [7, 11) is -3.90. The van der Waals surface area contributed by atoms with Crippen LogP contribution in [0.3, 0.4) is 0 Å². The molecule has 1 aromatic heterocycles. The number of nitrogens with zero attached hydrogens (tertiary/aromatic N) is 1. The summed E-state index contributed by atoms with van der Waals surface area (Å²) in [6.45, 7) is 3.11. The molecule has 0 saturated heterocycles. The lowest BCUT2D eigenvalue weighted by Gasteiger charge is -2.08. The number of aliphatic hydroxyl groups is 1. The molecule has 1 unspecified atom stereocenters. The van der Waals surface area contributed by atoms with E-state index in [0.717, 1.165) is 17.4 Å². The zero-order valence-electron chi connectivity index (χ0n) is 10.8. The smallest absolute Gasteiger partial charge is 0.264 e. The minimum absolute atomic E-state index is 0.129. The summed E-state index contributed by atoms with van der Waals surface area (Å²) < 4.78 is 39.8. The number of sulfonamides is 1. The van der Waals surface area contributed by atoms with Crippen LogP contribution in [0.5, 0.6) is 0 Å². The Balaban J connectivity index is 2.33. The minimum Gasteiger partial charge on any atom is -0.387 e. The fourth-order valence-electron chi connectivity index (χ4n) is 1.56. The molecule has 0 aliphatic rings. The van der Waals surface area contributed by atoms with Gasteiger partial charge >= 0.3 is 0 Å². The Morgan fingerprint density at radius 2 is 2.15 bits per heavy atom. The van der Waals surface area contributed by atoms with E-state index in [1.807, 2.05) is 0 Å². The van der Waals surface area contributed by atoms with Crippen molar-refractivity contribution in [3.8, 4) is 0 Å². The molecule has 0 saturated carbocycles. The van der Waals surface area contributed by atoms with Gasteiger partial charge < -0.3 is 5.11 Å². The van der Waals surface area contributed by atoms with Crippen molar-refractivity contribution in [3.63, 3.8) is 0 Å². The fourth-order valence-corrected chi connectivity index (χ4v) is 3.87. The number of rotatable bonds is 4. The van der Waals surface area contributed by atoms with E-state index >= 15 is 0 Å². The number of thiazole rings is 1. The molecule has 0 spiro atoms. The van der Waals surface area contributed by atoms with Crippen molar-refractivity contribution in [1.29, 1.82) is 0 Å². The van der Waals surface area contributed by atoms with Crippen LogP contribution in [-0.4, -0.2) is 18.5 Å². The van der Waals surface area contributed by atoms with Crippen molar-refractivity contribution in [2.24, 2.45) is 0 Å². The van der Waals surface area contributed by atoms with Crippen LogP contribution in [0.4, 0.5) is 9.52 Å². The number of benzene rings is 1. The Bertz CT molecular complexity index is 726. The Labute approximate surface area is 120 Å². The van der Waals surface area contributed by atoms with E-state index in [0.29, 0.717) is 11.3 Å². The van der Waals surface area contributed by atoms with Crippen LogP contribution in [0.15, 0.2) is 28.5 Å². The van der Waals surface area contributed by atoms with Gasteiger partial charge in [0, 0.05) is 5.38 Å². The predicted octanol–water partition coefficient (Wildman–Crippen LogP) is 2.44. The lowest BCUT2D eigenvalue weighted by molar-refractivity contribution is 0.195. The number of nitrogens with one attached hydrogen (secondary N) is 1. The maximum Gasteiger partial charge on any atom is 0.264 e. The van der Waals surface area contributed by atoms with Crippen molar-refractivity contribution in [3.05, 3.63) is 40.7 Å². The van der Waals surface area contributed by atoms with Crippen molar-refractivity contribution in [2.45, 2.75) is 24.8 Å². The highest BCUT2D eigenvalue weighted by Gasteiger charge is 2.19. The molecular formula is C12H13FN2O3S2. The average Bonchev–Trinajstić information content (AvgIpc) is 2.80. The molecule has 2 aromatic rings. The SMILES string of the molecule is Cc1ccc(F)cc1S(=O)(=O)Nc1nc(C(C)O)cs1. The van der Waals surface area contributed by atoms with Gasteiger partial charge in [-0.15, -0.1) is 11.3 Å². The van der Waals surface area contributed by atoms with Gasteiger partial charge in [-0.2, -0.15) is 0 Å². The van der Waals surface area contributed by atoms with E-state index in [1.165, 1.54) is 19.1 Å². The van der Waals surface area contributed by atoms with E-state index in [1.54, 1.807) is 12.3 Å². The number of hydrogen-bond acceptors (Lipinski definition) is 5. The monoisotopic (exact) mass is 316 g/mol. The number of aliphatic hydroxyl groups excluding tert-OH is 1. The van der Waals surface area contributed by atoms with Crippen LogP contribution in [-0.2, 0) is 10.0 Å². The van der Waals surface area contributed by atoms with Crippen molar-refractivity contribution in [1.82, 2.24) is 4.98 Å². The standard InChI is InChI=1S/C12H13FN2O3S2/c1-7-3-4-9(13)5-11(7)20(17,18)15-12-14-10(6-19-12)8(2)16/h3-6,8,16H,1-2H3,(H,14,15). The lowest BCUT2D eigenvalue weighted by atomic mass is 10.2. The van der Waals surface area contributed by atoms with E-state index in [9.17, 15) is 17.9 Å². The van der Waals surface area contributed by atoms with Crippen LogP contribution in [0, 0.1) is 12.7 Å². The third-order valence-electron chi connectivity index (χ3n) is 2.61. The van der Waals surface area contributed by atoms with Gasteiger partial charge in [-0.25, -0.2) is 17.8 Å². The topological polar surface area (TPSA) is 79.3 Å². The second kappa shape index (κ2) is 5.47.